The minimum Gasteiger partial charge on any atom is -0.488 e. The highest BCUT2D eigenvalue weighted by molar-refractivity contribution is 6.03. The van der Waals surface area contributed by atoms with Gasteiger partial charge in [0, 0.05) is 43.8 Å². The number of aliphatic hydroxyl groups is 1. The number of halogens is 3. The van der Waals surface area contributed by atoms with Gasteiger partial charge in [0.25, 0.3) is 5.91 Å². The molecule has 258 valence electrons. The summed E-state index contributed by atoms with van der Waals surface area (Å²) >= 11 is 0. The SMILES string of the molecule is O=C(C1C[C@@H](O)CN1)N1C[C@@H]2CC(c3ccc(CCCOc4c(F)ccc(F)c4F)cc3)=C(C(=O)N(Cc3ccccc3)C3CC3)[C@@H](C1)N2. The molecule has 2 bridgehead atoms. The van der Waals surface area contributed by atoms with Crippen molar-refractivity contribution < 1.29 is 32.6 Å². The number of hydrogen-bond acceptors (Lipinski definition) is 6. The van der Waals surface area contributed by atoms with E-state index in [9.17, 15) is 27.9 Å². The normalized spacial score (nSPS) is 23.5. The molecule has 1 unspecified atom stereocenters. The number of ether oxygens (including phenoxy) is 1. The van der Waals surface area contributed by atoms with Crippen molar-refractivity contribution in [2.45, 2.75) is 75.3 Å². The van der Waals surface area contributed by atoms with Crippen molar-refractivity contribution in [1.82, 2.24) is 20.4 Å². The third-order valence-corrected chi connectivity index (χ3v) is 9.96. The minimum absolute atomic E-state index is 0.0147. The molecule has 11 heteroatoms. The molecular formula is C38H41F3N4O4. The Balaban J connectivity index is 1.12. The summed E-state index contributed by atoms with van der Waals surface area (Å²) in [5.74, 6) is -4.20. The number of carbonyl (C=O) groups excluding carboxylic acids is 2. The van der Waals surface area contributed by atoms with Crippen LogP contribution in [0.4, 0.5) is 13.2 Å². The Labute approximate surface area is 283 Å². The number of rotatable bonds is 11. The molecule has 49 heavy (non-hydrogen) atoms. The summed E-state index contributed by atoms with van der Waals surface area (Å²) in [7, 11) is 0. The van der Waals surface area contributed by atoms with Gasteiger partial charge in [-0.15, -0.1) is 0 Å². The largest absolute Gasteiger partial charge is 0.488 e. The number of β-amino-alcohol motifs (C(OH)–C–C–N with tert-alkyl or cyclic N) is 1. The topological polar surface area (TPSA) is 94.1 Å². The van der Waals surface area contributed by atoms with Crippen molar-refractivity contribution in [3.05, 3.63) is 106 Å². The summed E-state index contributed by atoms with van der Waals surface area (Å²) in [4.78, 5) is 32.0. The summed E-state index contributed by atoms with van der Waals surface area (Å²) in [6.45, 7) is 1.79. The summed E-state index contributed by atoms with van der Waals surface area (Å²) in [5.41, 5.74) is 4.66. The molecule has 3 aromatic carbocycles. The van der Waals surface area contributed by atoms with Crippen LogP contribution in [-0.4, -0.2) is 83.2 Å². The van der Waals surface area contributed by atoms with Crippen LogP contribution in [0.3, 0.4) is 0 Å². The second kappa shape index (κ2) is 14.3. The second-order valence-corrected chi connectivity index (χ2v) is 13.6. The Hall–Kier alpha value is -4.19. The van der Waals surface area contributed by atoms with Gasteiger partial charge in [-0.25, -0.2) is 8.78 Å². The molecular weight excluding hydrogens is 633 g/mol. The van der Waals surface area contributed by atoms with Crippen LogP contribution in [0.1, 0.15) is 48.8 Å². The van der Waals surface area contributed by atoms with E-state index in [1.165, 1.54) is 0 Å². The van der Waals surface area contributed by atoms with Crippen molar-refractivity contribution in [3.8, 4) is 5.75 Å². The van der Waals surface area contributed by atoms with Gasteiger partial charge in [-0.3, -0.25) is 9.59 Å². The smallest absolute Gasteiger partial charge is 0.252 e. The second-order valence-electron chi connectivity index (χ2n) is 13.6. The zero-order valence-corrected chi connectivity index (χ0v) is 27.2. The van der Waals surface area contributed by atoms with E-state index < -0.39 is 35.3 Å². The summed E-state index contributed by atoms with van der Waals surface area (Å²) in [6.07, 6.45) is 3.36. The highest BCUT2D eigenvalue weighted by Crippen LogP contribution is 2.38. The lowest BCUT2D eigenvalue weighted by Gasteiger charge is -2.45. The maximum Gasteiger partial charge on any atom is 0.252 e. The average molecular weight is 675 g/mol. The number of carbonyl (C=O) groups is 2. The number of piperazine rings is 1. The van der Waals surface area contributed by atoms with E-state index in [1.54, 1.807) is 0 Å². The quantitative estimate of drug-likeness (QED) is 0.207. The Bertz CT molecular complexity index is 1720. The van der Waals surface area contributed by atoms with Crippen molar-refractivity contribution in [2.75, 3.05) is 26.2 Å². The number of hydrogen-bond donors (Lipinski definition) is 3. The molecule has 1 saturated carbocycles. The van der Waals surface area contributed by atoms with Crippen LogP contribution < -0.4 is 15.4 Å². The molecule has 4 aliphatic rings. The number of nitrogens with one attached hydrogen (secondary N) is 2. The first-order valence-corrected chi connectivity index (χ1v) is 17.1. The van der Waals surface area contributed by atoms with Gasteiger partial charge in [-0.2, -0.15) is 4.39 Å². The van der Waals surface area contributed by atoms with Crippen molar-refractivity contribution >= 4 is 17.4 Å². The average Bonchev–Trinajstić information content (AvgIpc) is 3.86. The van der Waals surface area contributed by atoms with Crippen LogP contribution >= 0.6 is 0 Å². The van der Waals surface area contributed by atoms with Crippen LogP contribution in [0, 0.1) is 17.5 Å². The predicted octanol–water partition coefficient (Wildman–Crippen LogP) is 4.36. The fourth-order valence-electron chi connectivity index (χ4n) is 7.32. The van der Waals surface area contributed by atoms with Gasteiger partial charge in [-0.1, -0.05) is 54.6 Å². The van der Waals surface area contributed by atoms with Gasteiger partial charge in [0.2, 0.25) is 11.7 Å². The number of aryl methyl sites for hydroxylation is 1. The Morgan fingerprint density at radius 1 is 0.939 bits per heavy atom. The molecule has 3 heterocycles. The Morgan fingerprint density at radius 2 is 1.69 bits per heavy atom. The standard InChI is InChI=1S/C38H41F3N4O4/c39-30-14-15-31(40)36(35(30)41)49-16-4-7-23-8-10-25(11-9-23)29-17-26-21-44(37(47)32-18-28(46)19-42-32)22-33(43-26)34(29)38(48)45(27-12-13-27)20-24-5-2-1-3-6-24/h1-3,5-6,8-11,14-15,26-28,32-33,42-43,46H,4,7,12-13,16-22H2/t26-,28+,32?,33+/m0/s1. The third kappa shape index (κ3) is 7.39. The van der Waals surface area contributed by atoms with Gasteiger partial charge < -0.3 is 30.3 Å². The van der Waals surface area contributed by atoms with Crippen LogP contribution in [0.25, 0.3) is 5.57 Å². The molecule has 2 amide bonds. The van der Waals surface area contributed by atoms with Crippen molar-refractivity contribution in [3.63, 3.8) is 0 Å². The van der Waals surface area contributed by atoms with E-state index in [-0.39, 0.29) is 36.5 Å². The van der Waals surface area contributed by atoms with Gasteiger partial charge in [0.05, 0.1) is 24.8 Å². The van der Waals surface area contributed by atoms with Crippen LogP contribution in [-0.2, 0) is 22.6 Å². The van der Waals surface area contributed by atoms with E-state index in [1.807, 2.05) is 64.4 Å². The molecule has 3 N–H and O–H groups in total. The van der Waals surface area contributed by atoms with Gasteiger partial charge in [0.15, 0.2) is 17.4 Å². The molecule has 0 radical (unpaired) electrons. The number of aliphatic hydroxyl groups excluding tert-OH is 1. The first kappa shape index (κ1) is 33.3. The van der Waals surface area contributed by atoms with Gasteiger partial charge >= 0.3 is 0 Å². The predicted molar refractivity (Wildman–Crippen MR) is 178 cm³/mol. The zero-order chi connectivity index (χ0) is 34.1. The maximum atomic E-state index is 14.7. The number of nitrogens with zero attached hydrogens (tertiary/aromatic N) is 2. The molecule has 2 saturated heterocycles. The lowest BCUT2D eigenvalue weighted by atomic mass is 9.82. The summed E-state index contributed by atoms with van der Waals surface area (Å²) in [6, 6.07) is 18.9. The molecule has 0 spiro atoms. The molecule has 7 rings (SSSR count). The molecule has 0 aromatic heterocycles. The zero-order valence-electron chi connectivity index (χ0n) is 27.2. The van der Waals surface area contributed by atoms with E-state index in [0.717, 1.165) is 47.2 Å². The minimum atomic E-state index is -1.33. The highest BCUT2D eigenvalue weighted by atomic mass is 19.2. The highest BCUT2D eigenvalue weighted by Gasteiger charge is 2.44. The fourth-order valence-corrected chi connectivity index (χ4v) is 7.32. The molecule has 3 aromatic rings. The molecule has 4 atom stereocenters. The van der Waals surface area contributed by atoms with Crippen LogP contribution in [0.2, 0.25) is 0 Å². The van der Waals surface area contributed by atoms with Crippen LogP contribution in [0.15, 0.2) is 72.3 Å². The van der Waals surface area contributed by atoms with E-state index in [4.69, 9.17) is 4.74 Å². The molecule has 8 nitrogen and oxygen atoms in total. The van der Waals surface area contributed by atoms with Crippen molar-refractivity contribution in [1.29, 1.82) is 0 Å². The van der Waals surface area contributed by atoms with E-state index in [2.05, 4.69) is 10.6 Å². The fraction of sp³-hybridized carbons (Fsp3) is 0.421. The number of fused-ring (bicyclic) bond motifs is 2. The van der Waals surface area contributed by atoms with E-state index >= 15 is 0 Å². The molecule has 3 fully saturated rings. The van der Waals surface area contributed by atoms with Gasteiger partial charge in [0.1, 0.15) is 0 Å². The van der Waals surface area contributed by atoms with Crippen molar-refractivity contribution in [2.24, 2.45) is 0 Å². The number of amides is 2. The van der Waals surface area contributed by atoms with Gasteiger partial charge in [-0.05, 0) is 72.9 Å². The lowest BCUT2D eigenvalue weighted by molar-refractivity contribution is -0.136. The first-order chi connectivity index (χ1) is 23.7. The maximum absolute atomic E-state index is 14.7. The Morgan fingerprint density at radius 3 is 2.41 bits per heavy atom. The summed E-state index contributed by atoms with van der Waals surface area (Å²) < 4.78 is 46.6. The first-order valence-electron chi connectivity index (χ1n) is 17.1. The summed E-state index contributed by atoms with van der Waals surface area (Å²) in [5, 5.41) is 16.8. The molecule has 1 aliphatic carbocycles. The van der Waals surface area contributed by atoms with Crippen LogP contribution in [0.5, 0.6) is 5.75 Å². The van der Waals surface area contributed by atoms with E-state index in [0.29, 0.717) is 57.4 Å². The monoisotopic (exact) mass is 674 g/mol. The Kier molecular flexibility index (Phi) is 9.75. The number of benzene rings is 3. The molecule has 3 aliphatic heterocycles. The third-order valence-electron chi connectivity index (χ3n) is 9.96. The lowest BCUT2D eigenvalue weighted by Crippen LogP contribution is -2.63.